The summed E-state index contributed by atoms with van der Waals surface area (Å²) in [5.41, 5.74) is 3.40. The van der Waals surface area contributed by atoms with E-state index >= 15 is 0 Å². The smallest absolute Gasteiger partial charge is 0.263 e. The molecule has 160 valence electrons. The predicted molar refractivity (Wildman–Crippen MR) is 117 cm³/mol. The van der Waals surface area contributed by atoms with Crippen molar-refractivity contribution < 1.29 is 19.1 Å². The third-order valence-corrected chi connectivity index (χ3v) is 5.60. The minimum atomic E-state index is -0.374. The van der Waals surface area contributed by atoms with Crippen LogP contribution in [0.2, 0.25) is 0 Å². The molecule has 2 amide bonds. The summed E-state index contributed by atoms with van der Waals surface area (Å²) in [5, 5.41) is 5.19. The average Bonchev–Trinajstić information content (AvgIpc) is 3.29. The summed E-state index contributed by atoms with van der Waals surface area (Å²) in [5.74, 6) is 0.378. The zero-order valence-electron chi connectivity index (χ0n) is 17.8. The Kier molecular flexibility index (Phi) is 4.62. The number of aryl methyl sites for hydroxylation is 1. The summed E-state index contributed by atoms with van der Waals surface area (Å²) in [7, 11) is 3.09. The molecule has 0 bridgehead atoms. The number of rotatable bonds is 5. The fourth-order valence-corrected chi connectivity index (χ4v) is 4.06. The molecule has 0 atom stereocenters. The minimum Gasteiger partial charge on any atom is -0.493 e. The first kappa shape index (κ1) is 19.7. The Morgan fingerprint density at radius 1 is 0.938 bits per heavy atom. The second-order valence-corrected chi connectivity index (χ2v) is 7.46. The molecular formula is C24H20N4O4. The molecule has 8 heteroatoms. The zero-order valence-corrected chi connectivity index (χ0v) is 17.8. The van der Waals surface area contributed by atoms with Crippen LogP contribution in [0.25, 0.3) is 16.7 Å². The molecule has 0 saturated carbocycles. The van der Waals surface area contributed by atoms with E-state index in [1.165, 1.54) is 11.1 Å². The molecule has 0 radical (unpaired) electrons. The second kappa shape index (κ2) is 7.49. The first-order chi connectivity index (χ1) is 15.5. The Labute approximate surface area is 184 Å². The number of nitrogens with zero attached hydrogens (tertiary/aromatic N) is 4. The Morgan fingerprint density at radius 2 is 1.69 bits per heavy atom. The third-order valence-electron chi connectivity index (χ3n) is 5.60. The molecule has 3 heterocycles. The number of para-hydroxylation sites is 1. The minimum absolute atomic E-state index is 0.111. The molecule has 0 unspecified atom stereocenters. The van der Waals surface area contributed by atoms with Gasteiger partial charge in [-0.2, -0.15) is 5.10 Å². The molecule has 0 fully saturated rings. The summed E-state index contributed by atoms with van der Waals surface area (Å²) in [6.45, 7) is 1.93. The fourth-order valence-electron chi connectivity index (χ4n) is 4.06. The number of imide groups is 1. The van der Waals surface area contributed by atoms with E-state index in [1.54, 1.807) is 37.1 Å². The summed E-state index contributed by atoms with van der Waals surface area (Å²) in [4.78, 5) is 32.2. The number of amides is 2. The molecule has 4 aromatic rings. The van der Waals surface area contributed by atoms with Gasteiger partial charge in [-0.1, -0.05) is 24.3 Å². The molecular weight excluding hydrogens is 408 g/mol. The van der Waals surface area contributed by atoms with E-state index in [2.05, 4.69) is 10.1 Å². The van der Waals surface area contributed by atoms with Gasteiger partial charge < -0.3 is 9.47 Å². The number of carbonyl (C=O) groups excluding carboxylic acids is 2. The lowest BCUT2D eigenvalue weighted by atomic mass is 10.1. The highest BCUT2D eigenvalue weighted by Crippen LogP contribution is 2.34. The van der Waals surface area contributed by atoms with E-state index in [4.69, 9.17) is 9.47 Å². The topological polar surface area (TPSA) is 86.5 Å². The molecule has 8 nitrogen and oxygen atoms in total. The van der Waals surface area contributed by atoms with Crippen molar-refractivity contribution in [1.29, 1.82) is 0 Å². The van der Waals surface area contributed by atoms with Crippen LogP contribution in [0.1, 0.15) is 32.0 Å². The molecule has 0 aliphatic carbocycles. The lowest BCUT2D eigenvalue weighted by Gasteiger charge is -2.15. The maximum atomic E-state index is 13.4. The van der Waals surface area contributed by atoms with Crippen molar-refractivity contribution in [2.75, 3.05) is 14.2 Å². The maximum absolute atomic E-state index is 13.4. The van der Waals surface area contributed by atoms with E-state index < -0.39 is 0 Å². The molecule has 1 aliphatic heterocycles. The van der Waals surface area contributed by atoms with Crippen LogP contribution in [0.5, 0.6) is 11.5 Å². The number of ether oxygens (including phenoxy) is 2. The molecule has 0 saturated heterocycles. The van der Waals surface area contributed by atoms with Crippen LogP contribution < -0.4 is 9.47 Å². The maximum Gasteiger partial charge on any atom is 0.263 e. The van der Waals surface area contributed by atoms with Crippen LogP contribution >= 0.6 is 0 Å². The summed E-state index contributed by atoms with van der Waals surface area (Å²) >= 11 is 0. The standard InChI is InChI=1S/C24H20N4O4/c1-14-20-21-17(12-25-22(20)28(26-14)16-7-5-4-6-8-16)23(29)27(24(21)30)13-15-9-10-18(31-2)19(11-15)32-3/h4-12H,13H2,1-3H3. The van der Waals surface area contributed by atoms with E-state index in [0.29, 0.717) is 39.4 Å². The van der Waals surface area contributed by atoms with Gasteiger partial charge in [0.05, 0.1) is 48.7 Å². The second-order valence-electron chi connectivity index (χ2n) is 7.46. The number of aromatic nitrogens is 3. The Bertz CT molecular complexity index is 1380. The van der Waals surface area contributed by atoms with Gasteiger partial charge in [-0.15, -0.1) is 0 Å². The van der Waals surface area contributed by atoms with Crippen LogP contribution in [-0.2, 0) is 6.54 Å². The van der Waals surface area contributed by atoms with Gasteiger partial charge in [-0.3, -0.25) is 14.5 Å². The van der Waals surface area contributed by atoms with Gasteiger partial charge in [0.15, 0.2) is 17.1 Å². The van der Waals surface area contributed by atoms with Crippen molar-refractivity contribution in [3.05, 3.63) is 77.1 Å². The molecule has 32 heavy (non-hydrogen) atoms. The van der Waals surface area contributed by atoms with Gasteiger partial charge in [0, 0.05) is 6.20 Å². The van der Waals surface area contributed by atoms with Gasteiger partial charge in [-0.05, 0) is 36.8 Å². The molecule has 0 N–H and O–H groups in total. The fraction of sp³-hybridized carbons (Fsp3) is 0.167. The van der Waals surface area contributed by atoms with E-state index in [0.717, 1.165) is 11.3 Å². The molecule has 2 aromatic carbocycles. The largest absolute Gasteiger partial charge is 0.493 e. The number of hydrogen-bond acceptors (Lipinski definition) is 6. The van der Waals surface area contributed by atoms with Gasteiger partial charge in [0.1, 0.15) is 0 Å². The van der Waals surface area contributed by atoms with Crippen LogP contribution in [0.3, 0.4) is 0 Å². The van der Waals surface area contributed by atoms with Crippen molar-refractivity contribution in [1.82, 2.24) is 19.7 Å². The highest BCUT2D eigenvalue weighted by Gasteiger charge is 2.39. The lowest BCUT2D eigenvalue weighted by molar-refractivity contribution is 0.0642. The lowest BCUT2D eigenvalue weighted by Crippen LogP contribution is -2.29. The Hall–Kier alpha value is -4.20. The number of hydrogen-bond donors (Lipinski definition) is 0. The monoisotopic (exact) mass is 428 g/mol. The zero-order chi connectivity index (χ0) is 22.4. The number of methoxy groups -OCH3 is 2. The third kappa shape index (κ3) is 2.91. The highest BCUT2D eigenvalue weighted by molar-refractivity contribution is 6.26. The van der Waals surface area contributed by atoms with Crippen LogP contribution in [0, 0.1) is 6.92 Å². The first-order valence-electron chi connectivity index (χ1n) is 10.0. The quantitative estimate of drug-likeness (QED) is 0.452. The van der Waals surface area contributed by atoms with Crippen molar-refractivity contribution in [3.63, 3.8) is 0 Å². The SMILES string of the molecule is COc1ccc(CN2C(=O)c3cnc4c(c(C)nn4-c4ccccc4)c3C2=O)cc1OC. The summed E-state index contributed by atoms with van der Waals surface area (Å²) in [6.07, 6.45) is 1.47. The number of pyridine rings is 1. The van der Waals surface area contributed by atoms with Gasteiger partial charge >= 0.3 is 0 Å². The number of carbonyl (C=O) groups is 2. The van der Waals surface area contributed by atoms with E-state index in [-0.39, 0.29) is 18.4 Å². The van der Waals surface area contributed by atoms with Gasteiger partial charge in [-0.25, -0.2) is 9.67 Å². The van der Waals surface area contributed by atoms with Gasteiger partial charge in [0.2, 0.25) is 0 Å². The Morgan fingerprint density at radius 3 is 2.41 bits per heavy atom. The van der Waals surface area contributed by atoms with Crippen molar-refractivity contribution in [2.45, 2.75) is 13.5 Å². The first-order valence-corrected chi connectivity index (χ1v) is 10.0. The van der Waals surface area contributed by atoms with Gasteiger partial charge in [0.25, 0.3) is 11.8 Å². The average molecular weight is 428 g/mol. The van der Waals surface area contributed by atoms with Crippen molar-refractivity contribution in [2.24, 2.45) is 0 Å². The molecule has 1 aliphatic rings. The molecule has 2 aromatic heterocycles. The number of benzene rings is 2. The number of fused-ring (bicyclic) bond motifs is 3. The summed E-state index contributed by atoms with van der Waals surface area (Å²) < 4.78 is 12.3. The van der Waals surface area contributed by atoms with Crippen LogP contribution in [0.4, 0.5) is 0 Å². The molecule has 5 rings (SSSR count). The Balaban J connectivity index is 1.57. The van der Waals surface area contributed by atoms with Crippen molar-refractivity contribution in [3.8, 4) is 17.2 Å². The van der Waals surface area contributed by atoms with E-state index in [9.17, 15) is 9.59 Å². The summed E-state index contributed by atoms with van der Waals surface area (Å²) in [6, 6.07) is 14.9. The van der Waals surface area contributed by atoms with Crippen LogP contribution in [-0.4, -0.2) is 45.7 Å². The van der Waals surface area contributed by atoms with Crippen LogP contribution in [0.15, 0.2) is 54.7 Å². The van der Waals surface area contributed by atoms with Crippen molar-refractivity contribution >= 4 is 22.8 Å². The normalized spacial score (nSPS) is 13.0. The highest BCUT2D eigenvalue weighted by atomic mass is 16.5. The molecule has 0 spiro atoms. The predicted octanol–water partition coefficient (Wildman–Crippen LogP) is 3.54. The van der Waals surface area contributed by atoms with E-state index in [1.807, 2.05) is 37.3 Å².